The molecular formula is C18H13ClF3NO2. The van der Waals surface area contributed by atoms with Crippen molar-refractivity contribution in [3.8, 4) is 0 Å². The molecular weight excluding hydrogens is 355 g/mol. The summed E-state index contributed by atoms with van der Waals surface area (Å²) < 4.78 is 38.3. The topological polar surface area (TPSA) is 53.1 Å². The first-order valence-corrected chi connectivity index (χ1v) is 7.74. The van der Waals surface area contributed by atoms with E-state index in [9.17, 15) is 18.0 Å². The molecule has 0 unspecified atom stereocenters. The van der Waals surface area contributed by atoms with Gasteiger partial charge in [-0.1, -0.05) is 17.7 Å². The third kappa shape index (κ3) is 3.35. The van der Waals surface area contributed by atoms with Crippen LogP contribution in [0.2, 0.25) is 5.02 Å². The van der Waals surface area contributed by atoms with Gasteiger partial charge in [0.15, 0.2) is 0 Å². The fourth-order valence-electron chi connectivity index (χ4n) is 2.80. The number of aromatic nitrogens is 1. The summed E-state index contributed by atoms with van der Waals surface area (Å²) in [6.45, 7) is 1.83. The molecule has 0 aliphatic carbocycles. The third-order valence-corrected chi connectivity index (χ3v) is 4.47. The molecule has 0 atom stereocenters. The Morgan fingerprint density at radius 2 is 1.92 bits per heavy atom. The van der Waals surface area contributed by atoms with Gasteiger partial charge in [0.2, 0.25) is 0 Å². The lowest BCUT2D eigenvalue weighted by molar-refractivity contribution is -0.137. The van der Waals surface area contributed by atoms with Crippen molar-refractivity contribution in [2.75, 3.05) is 0 Å². The maximum absolute atomic E-state index is 12.8. The highest BCUT2D eigenvalue weighted by Crippen LogP contribution is 2.34. The molecule has 0 bridgehead atoms. The van der Waals surface area contributed by atoms with Crippen LogP contribution in [0.25, 0.3) is 10.9 Å². The van der Waals surface area contributed by atoms with Crippen LogP contribution in [-0.2, 0) is 12.6 Å². The predicted octanol–water partition coefficient (Wildman–Crippen LogP) is 5.44. The SMILES string of the molecule is Cc1[nH]c2ccc(C(=O)O)cc2c1Cc1ccc(C(F)(F)F)cc1Cl. The van der Waals surface area contributed by atoms with Crippen molar-refractivity contribution >= 4 is 28.5 Å². The van der Waals surface area contributed by atoms with Crippen molar-refractivity contribution in [3.05, 3.63) is 69.4 Å². The number of aryl methyl sites for hydroxylation is 1. The number of nitrogens with one attached hydrogen (secondary N) is 1. The first-order valence-electron chi connectivity index (χ1n) is 7.37. The molecule has 3 aromatic rings. The number of carbonyl (C=O) groups is 1. The molecule has 25 heavy (non-hydrogen) atoms. The molecule has 0 saturated carbocycles. The largest absolute Gasteiger partial charge is 0.478 e. The molecule has 0 radical (unpaired) electrons. The second-order valence-corrected chi connectivity index (χ2v) is 6.18. The van der Waals surface area contributed by atoms with Gasteiger partial charge in [0, 0.05) is 28.0 Å². The zero-order chi connectivity index (χ0) is 18.4. The number of H-pyrrole nitrogens is 1. The molecule has 0 aliphatic heterocycles. The summed E-state index contributed by atoms with van der Waals surface area (Å²) in [7, 11) is 0. The van der Waals surface area contributed by atoms with Crippen molar-refractivity contribution in [1.29, 1.82) is 0 Å². The molecule has 130 valence electrons. The van der Waals surface area contributed by atoms with Crippen LogP contribution in [0.15, 0.2) is 36.4 Å². The number of hydrogen-bond donors (Lipinski definition) is 2. The number of hydrogen-bond acceptors (Lipinski definition) is 1. The average molecular weight is 368 g/mol. The monoisotopic (exact) mass is 367 g/mol. The van der Waals surface area contributed by atoms with E-state index in [2.05, 4.69) is 4.98 Å². The summed E-state index contributed by atoms with van der Waals surface area (Å²) in [5, 5.41) is 9.89. The second-order valence-electron chi connectivity index (χ2n) is 5.77. The third-order valence-electron chi connectivity index (χ3n) is 4.11. The highest BCUT2D eigenvalue weighted by Gasteiger charge is 2.30. The Labute approximate surface area is 146 Å². The Kier molecular flexibility index (Phi) is 4.24. The van der Waals surface area contributed by atoms with E-state index in [0.717, 1.165) is 28.9 Å². The van der Waals surface area contributed by atoms with Crippen LogP contribution in [-0.4, -0.2) is 16.1 Å². The van der Waals surface area contributed by atoms with E-state index in [4.69, 9.17) is 16.7 Å². The predicted molar refractivity (Wildman–Crippen MR) is 89.3 cm³/mol. The van der Waals surface area contributed by atoms with Gasteiger partial charge < -0.3 is 10.1 Å². The Bertz CT molecular complexity index is 976. The minimum atomic E-state index is -4.45. The quantitative estimate of drug-likeness (QED) is 0.647. The van der Waals surface area contributed by atoms with E-state index < -0.39 is 17.7 Å². The minimum absolute atomic E-state index is 0.0259. The fourth-order valence-corrected chi connectivity index (χ4v) is 3.05. The van der Waals surface area contributed by atoms with Gasteiger partial charge in [0.25, 0.3) is 0 Å². The number of halogens is 4. The average Bonchev–Trinajstić information content (AvgIpc) is 2.83. The Hall–Kier alpha value is -2.47. The van der Waals surface area contributed by atoms with Gasteiger partial charge in [0.05, 0.1) is 11.1 Å². The molecule has 2 aromatic carbocycles. The molecule has 7 heteroatoms. The molecule has 2 N–H and O–H groups in total. The van der Waals surface area contributed by atoms with Crippen LogP contribution >= 0.6 is 11.6 Å². The molecule has 0 fully saturated rings. The van der Waals surface area contributed by atoms with Crippen molar-refractivity contribution < 1.29 is 23.1 Å². The lowest BCUT2D eigenvalue weighted by Gasteiger charge is -2.10. The summed E-state index contributed by atoms with van der Waals surface area (Å²) in [6.07, 6.45) is -4.15. The van der Waals surface area contributed by atoms with Crippen molar-refractivity contribution in [1.82, 2.24) is 4.98 Å². The van der Waals surface area contributed by atoms with E-state index in [0.29, 0.717) is 17.4 Å². The van der Waals surface area contributed by atoms with Crippen molar-refractivity contribution in [2.45, 2.75) is 19.5 Å². The maximum atomic E-state index is 12.8. The van der Waals surface area contributed by atoms with Gasteiger partial charge in [-0.3, -0.25) is 0 Å². The first-order chi connectivity index (χ1) is 11.7. The van der Waals surface area contributed by atoms with Crippen LogP contribution in [0.3, 0.4) is 0 Å². The fraction of sp³-hybridized carbons (Fsp3) is 0.167. The van der Waals surface area contributed by atoms with Crippen LogP contribution in [0, 0.1) is 6.92 Å². The summed E-state index contributed by atoms with van der Waals surface area (Å²) in [5.41, 5.74) is 2.27. The number of alkyl halides is 3. The molecule has 1 heterocycles. The highest BCUT2D eigenvalue weighted by molar-refractivity contribution is 6.31. The van der Waals surface area contributed by atoms with Gasteiger partial charge in [0.1, 0.15) is 0 Å². The molecule has 0 aliphatic rings. The van der Waals surface area contributed by atoms with Gasteiger partial charge in [-0.25, -0.2) is 4.79 Å². The number of rotatable bonds is 3. The molecule has 0 saturated heterocycles. The molecule has 0 amide bonds. The van der Waals surface area contributed by atoms with Crippen LogP contribution in [0.1, 0.15) is 32.7 Å². The van der Waals surface area contributed by atoms with Gasteiger partial charge in [-0.15, -0.1) is 0 Å². The highest BCUT2D eigenvalue weighted by atomic mass is 35.5. The van der Waals surface area contributed by atoms with Gasteiger partial charge in [-0.2, -0.15) is 13.2 Å². The van der Waals surface area contributed by atoms with E-state index in [1.807, 2.05) is 6.92 Å². The van der Waals surface area contributed by atoms with E-state index in [1.54, 1.807) is 12.1 Å². The maximum Gasteiger partial charge on any atom is 0.416 e. The zero-order valence-corrected chi connectivity index (χ0v) is 13.8. The lowest BCUT2D eigenvalue weighted by atomic mass is 9.99. The van der Waals surface area contributed by atoms with Crippen molar-refractivity contribution in [2.24, 2.45) is 0 Å². The minimum Gasteiger partial charge on any atom is -0.478 e. The van der Waals surface area contributed by atoms with Gasteiger partial charge >= 0.3 is 12.1 Å². The number of carboxylic acid groups (broad SMARTS) is 1. The number of carboxylic acids is 1. The standard InChI is InChI=1S/C18H13ClF3NO2/c1-9-13(14-7-11(17(24)25)3-5-16(14)23-9)6-10-2-4-12(8-15(10)19)18(20,21)22/h2-5,7-8,23H,6H2,1H3,(H,24,25). The molecule has 1 aromatic heterocycles. The summed E-state index contributed by atoms with van der Waals surface area (Å²) in [4.78, 5) is 14.3. The second kappa shape index (κ2) is 6.11. The Balaban J connectivity index is 2.04. The summed E-state index contributed by atoms with van der Waals surface area (Å²) in [6, 6.07) is 7.97. The van der Waals surface area contributed by atoms with Crippen LogP contribution < -0.4 is 0 Å². The Morgan fingerprint density at radius 3 is 2.52 bits per heavy atom. The first kappa shape index (κ1) is 17.4. The van der Waals surface area contributed by atoms with Crippen molar-refractivity contribution in [3.63, 3.8) is 0 Å². The molecule has 3 rings (SSSR count). The zero-order valence-electron chi connectivity index (χ0n) is 13.0. The summed E-state index contributed by atoms with van der Waals surface area (Å²) >= 11 is 6.03. The van der Waals surface area contributed by atoms with E-state index >= 15 is 0 Å². The number of fused-ring (bicyclic) bond motifs is 1. The number of benzene rings is 2. The smallest absolute Gasteiger partial charge is 0.416 e. The number of aromatic carboxylic acids is 1. The molecule has 0 spiro atoms. The van der Waals surface area contributed by atoms with E-state index in [1.165, 1.54) is 12.1 Å². The summed E-state index contributed by atoms with van der Waals surface area (Å²) in [5.74, 6) is -1.04. The van der Waals surface area contributed by atoms with Crippen LogP contribution in [0.5, 0.6) is 0 Å². The Morgan fingerprint density at radius 1 is 1.20 bits per heavy atom. The van der Waals surface area contributed by atoms with Crippen LogP contribution in [0.4, 0.5) is 13.2 Å². The van der Waals surface area contributed by atoms with Gasteiger partial charge in [-0.05, 0) is 48.4 Å². The lowest BCUT2D eigenvalue weighted by Crippen LogP contribution is -2.05. The normalized spacial score (nSPS) is 11.9. The number of aromatic amines is 1. The van der Waals surface area contributed by atoms with E-state index in [-0.39, 0.29) is 10.6 Å². The molecule has 3 nitrogen and oxygen atoms in total.